The number of rotatable bonds is 3. The maximum atomic E-state index is 12.4. The first-order valence-corrected chi connectivity index (χ1v) is 9.56. The van der Waals surface area contributed by atoms with Crippen molar-refractivity contribution in [2.24, 2.45) is 10.4 Å². The number of carbonyl (C=O) groups excluding carboxylic acids is 1. The van der Waals surface area contributed by atoms with Crippen molar-refractivity contribution in [2.45, 2.75) is 26.3 Å². The molecule has 2 aromatic rings. The number of para-hydroxylation sites is 1. The van der Waals surface area contributed by atoms with Crippen molar-refractivity contribution in [3.05, 3.63) is 64.7 Å². The molecule has 1 N–H and O–H groups in total. The van der Waals surface area contributed by atoms with Crippen LogP contribution in [-0.2, 0) is 4.79 Å². The van der Waals surface area contributed by atoms with Crippen LogP contribution in [0.15, 0.2) is 53.5 Å². The molecular weight excluding hydrogens is 342 g/mol. The lowest BCUT2D eigenvalue weighted by Gasteiger charge is -2.24. The maximum Gasteiger partial charge on any atom is 0.227 e. The summed E-state index contributed by atoms with van der Waals surface area (Å²) in [5.41, 5.74) is 1.53. The van der Waals surface area contributed by atoms with Crippen LogP contribution in [0.5, 0.6) is 0 Å². The molecule has 0 fully saturated rings. The van der Waals surface area contributed by atoms with E-state index in [4.69, 9.17) is 4.99 Å². The zero-order valence-corrected chi connectivity index (χ0v) is 16.7. The van der Waals surface area contributed by atoms with Crippen LogP contribution in [-0.4, -0.2) is 25.5 Å². The van der Waals surface area contributed by atoms with Crippen molar-refractivity contribution in [3.63, 3.8) is 0 Å². The number of anilines is 1. The Labute approximate surface area is 159 Å². The molecule has 3 rings (SSSR count). The highest BCUT2D eigenvalue weighted by Gasteiger charge is 2.26. The molecular formula is C21H25N3OS. The Balaban J connectivity index is 2.01. The van der Waals surface area contributed by atoms with Crippen molar-refractivity contribution < 1.29 is 4.79 Å². The fourth-order valence-corrected chi connectivity index (χ4v) is 3.76. The number of nitrogens with one attached hydrogen (secondary N) is 1. The fraction of sp³-hybridized carbons (Fsp3) is 0.333. The van der Waals surface area contributed by atoms with Crippen LogP contribution in [0.1, 0.15) is 26.3 Å². The van der Waals surface area contributed by atoms with Gasteiger partial charge in [-0.2, -0.15) is 0 Å². The molecule has 0 aromatic heterocycles. The molecule has 0 bridgehead atoms. The van der Waals surface area contributed by atoms with Gasteiger partial charge >= 0.3 is 0 Å². The molecule has 4 nitrogen and oxygen atoms in total. The second-order valence-corrected chi connectivity index (χ2v) is 8.70. The number of amides is 1. The number of hydrogen-bond acceptors (Lipinski definition) is 4. The van der Waals surface area contributed by atoms with Crippen LogP contribution in [0.3, 0.4) is 0 Å². The second-order valence-electron chi connectivity index (χ2n) is 7.61. The Morgan fingerprint density at radius 3 is 2.35 bits per heavy atom. The monoisotopic (exact) mass is 367 g/mol. The predicted octanol–water partition coefficient (Wildman–Crippen LogP) is 2.72. The van der Waals surface area contributed by atoms with E-state index < -0.39 is 5.41 Å². The van der Waals surface area contributed by atoms with Gasteiger partial charge in [-0.05, 0) is 23.8 Å². The number of thioether (sulfide) groups is 1. The molecule has 26 heavy (non-hydrogen) atoms. The highest BCUT2D eigenvalue weighted by atomic mass is 32.2. The van der Waals surface area contributed by atoms with Crippen LogP contribution in [0.4, 0.5) is 5.69 Å². The third kappa shape index (κ3) is 3.93. The molecule has 0 saturated heterocycles. The minimum absolute atomic E-state index is 0.000404. The van der Waals surface area contributed by atoms with Crippen molar-refractivity contribution in [3.8, 4) is 0 Å². The van der Waals surface area contributed by atoms with Gasteiger partial charge in [0.25, 0.3) is 0 Å². The molecule has 5 heteroatoms. The molecule has 0 spiro atoms. The summed E-state index contributed by atoms with van der Waals surface area (Å²) in [7, 11) is 4.06. The predicted molar refractivity (Wildman–Crippen MR) is 109 cm³/mol. The zero-order chi connectivity index (χ0) is 18.9. The number of hydrogen-bond donors (Lipinski definition) is 1. The Hall–Kier alpha value is -2.27. The Morgan fingerprint density at radius 2 is 1.73 bits per heavy atom. The SMILES string of the molecule is CN(C)c1ccc(C2=c3ccccc3=NC(NC(=O)C(C)(C)C)S2)cc1. The van der Waals surface area contributed by atoms with Crippen LogP contribution < -0.4 is 20.8 Å². The Bertz CT molecular complexity index is 927. The lowest BCUT2D eigenvalue weighted by atomic mass is 9.96. The first-order valence-electron chi connectivity index (χ1n) is 8.68. The topological polar surface area (TPSA) is 44.7 Å². The summed E-state index contributed by atoms with van der Waals surface area (Å²) < 4.78 is 0. The quantitative estimate of drug-likeness (QED) is 0.907. The third-order valence-electron chi connectivity index (χ3n) is 4.22. The minimum Gasteiger partial charge on any atom is -0.378 e. The molecule has 0 aliphatic carbocycles. The summed E-state index contributed by atoms with van der Waals surface area (Å²) in [4.78, 5) is 20.4. The average Bonchev–Trinajstić information content (AvgIpc) is 2.60. The molecule has 1 amide bonds. The normalized spacial score (nSPS) is 16.5. The first kappa shape index (κ1) is 18.5. The van der Waals surface area contributed by atoms with Gasteiger partial charge in [-0.1, -0.05) is 62.9 Å². The van der Waals surface area contributed by atoms with E-state index in [-0.39, 0.29) is 11.4 Å². The summed E-state index contributed by atoms with van der Waals surface area (Å²) >= 11 is 1.59. The zero-order valence-electron chi connectivity index (χ0n) is 15.9. The van der Waals surface area contributed by atoms with Crippen molar-refractivity contribution in [1.82, 2.24) is 5.32 Å². The van der Waals surface area contributed by atoms with Gasteiger partial charge in [0.1, 0.15) is 0 Å². The smallest absolute Gasteiger partial charge is 0.227 e. The van der Waals surface area contributed by atoms with E-state index in [9.17, 15) is 4.79 Å². The number of nitrogens with zero attached hydrogens (tertiary/aromatic N) is 2. The molecule has 1 heterocycles. The van der Waals surface area contributed by atoms with E-state index >= 15 is 0 Å². The van der Waals surface area contributed by atoms with Gasteiger partial charge < -0.3 is 10.2 Å². The lowest BCUT2D eigenvalue weighted by molar-refractivity contribution is -0.128. The molecule has 1 atom stereocenters. The Morgan fingerprint density at radius 1 is 1.08 bits per heavy atom. The number of benzene rings is 2. The summed E-state index contributed by atoms with van der Waals surface area (Å²) in [6.45, 7) is 5.73. The largest absolute Gasteiger partial charge is 0.378 e. The summed E-state index contributed by atoms with van der Waals surface area (Å²) in [6.07, 6.45) is 0. The van der Waals surface area contributed by atoms with E-state index in [1.165, 1.54) is 0 Å². The average molecular weight is 368 g/mol. The minimum atomic E-state index is -0.444. The number of fused-ring (bicyclic) bond motifs is 1. The van der Waals surface area contributed by atoms with Gasteiger partial charge in [-0.3, -0.25) is 4.79 Å². The van der Waals surface area contributed by atoms with E-state index in [0.29, 0.717) is 0 Å². The van der Waals surface area contributed by atoms with Gasteiger partial charge in [0.05, 0.1) is 5.36 Å². The van der Waals surface area contributed by atoms with Crippen LogP contribution in [0, 0.1) is 5.41 Å². The Kier molecular flexibility index (Phi) is 5.10. The summed E-state index contributed by atoms with van der Waals surface area (Å²) in [6, 6.07) is 16.6. The first-order chi connectivity index (χ1) is 12.3. The molecule has 0 saturated carbocycles. The van der Waals surface area contributed by atoms with Crippen molar-refractivity contribution in [1.29, 1.82) is 0 Å². The van der Waals surface area contributed by atoms with Gasteiger partial charge in [-0.15, -0.1) is 0 Å². The standard InChI is InChI=1S/C21H25N3OS/c1-21(2,3)19(25)23-20-22-17-9-7-6-8-16(17)18(26-20)14-10-12-15(13-11-14)24(4)5/h6-13,20H,1-5H3,(H,23,25). The van der Waals surface area contributed by atoms with Gasteiger partial charge in [0.15, 0.2) is 5.50 Å². The fourth-order valence-electron chi connectivity index (χ4n) is 2.63. The van der Waals surface area contributed by atoms with Crippen molar-refractivity contribution in [2.75, 3.05) is 19.0 Å². The highest BCUT2D eigenvalue weighted by Crippen LogP contribution is 2.31. The van der Waals surface area contributed by atoms with E-state index in [2.05, 4.69) is 40.5 Å². The van der Waals surface area contributed by atoms with Gasteiger partial charge in [0.2, 0.25) is 5.91 Å². The molecule has 1 aliphatic heterocycles. The molecule has 2 aromatic carbocycles. The lowest BCUT2D eigenvalue weighted by Crippen LogP contribution is -2.43. The highest BCUT2D eigenvalue weighted by molar-refractivity contribution is 8.08. The molecule has 1 aliphatic rings. The second kappa shape index (κ2) is 7.16. The van der Waals surface area contributed by atoms with Crippen LogP contribution in [0.25, 0.3) is 4.91 Å². The summed E-state index contributed by atoms with van der Waals surface area (Å²) in [5, 5.41) is 5.08. The maximum absolute atomic E-state index is 12.4. The van der Waals surface area contributed by atoms with E-state index in [1.807, 2.05) is 53.1 Å². The third-order valence-corrected chi connectivity index (χ3v) is 5.35. The summed E-state index contributed by atoms with van der Waals surface area (Å²) in [5.74, 6) is 0.000404. The van der Waals surface area contributed by atoms with E-state index in [1.54, 1.807) is 11.8 Å². The van der Waals surface area contributed by atoms with Gasteiger partial charge in [0, 0.05) is 35.3 Å². The van der Waals surface area contributed by atoms with E-state index in [0.717, 1.165) is 26.7 Å². The number of carbonyl (C=O) groups is 1. The molecule has 136 valence electrons. The molecule has 0 radical (unpaired) electrons. The van der Waals surface area contributed by atoms with Crippen LogP contribution in [0.2, 0.25) is 0 Å². The van der Waals surface area contributed by atoms with Crippen LogP contribution >= 0.6 is 11.8 Å². The van der Waals surface area contributed by atoms with Crippen molar-refractivity contribution >= 4 is 28.3 Å². The van der Waals surface area contributed by atoms with Gasteiger partial charge in [-0.25, -0.2) is 4.99 Å². The molecule has 1 unspecified atom stereocenters.